The molecule has 0 spiro atoms. The standard InChI is InChI=1S/C23H26N2O4/c1-14-18(15(2)25-22(28)19(14)12-24)10-11-21(27)29-13-20(26)16-6-8-17(9-7-16)23(3,4)5/h6-9H,10-11,13H2,1-5H3,(H,25,28). The Morgan fingerprint density at radius 1 is 1.14 bits per heavy atom. The second-order valence-corrected chi connectivity index (χ2v) is 8.08. The Morgan fingerprint density at radius 3 is 2.31 bits per heavy atom. The van der Waals surface area contributed by atoms with Crippen LogP contribution in [0.1, 0.15) is 65.5 Å². The highest BCUT2D eigenvalue weighted by atomic mass is 16.5. The number of rotatable bonds is 6. The lowest BCUT2D eigenvalue weighted by Crippen LogP contribution is -2.18. The third-order valence-corrected chi connectivity index (χ3v) is 4.94. The van der Waals surface area contributed by atoms with Gasteiger partial charge < -0.3 is 9.72 Å². The van der Waals surface area contributed by atoms with Gasteiger partial charge in [-0.2, -0.15) is 5.26 Å². The molecule has 6 nitrogen and oxygen atoms in total. The first-order valence-electron chi connectivity index (χ1n) is 9.46. The number of esters is 1. The summed E-state index contributed by atoms with van der Waals surface area (Å²) in [5, 5.41) is 9.11. The van der Waals surface area contributed by atoms with Crippen LogP contribution in [0.2, 0.25) is 0 Å². The van der Waals surface area contributed by atoms with Gasteiger partial charge in [-0.05, 0) is 42.4 Å². The van der Waals surface area contributed by atoms with E-state index in [0.29, 0.717) is 23.2 Å². The molecule has 0 unspecified atom stereocenters. The maximum Gasteiger partial charge on any atom is 0.306 e. The molecule has 0 fully saturated rings. The second kappa shape index (κ2) is 8.87. The lowest BCUT2D eigenvalue weighted by molar-refractivity contribution is -0.142. The predicted molar refractivity (Wildman–Crippen MR) is 110 cm³/mol. The number of benzene rings is 1. The minimum absolute atomic E-state index is 0.00254. The van der Waals surface area contributed by atoms with Crippen LogP contribution in [0, 0.1) is 25.2 Å². The summed E-state index contributed by atoms with van der Waals surface area (Å²) in [6.45, 7) is 9.37. The first-order chi connectivity index (χ1) is 13.5. The molecule has 29 heavy (non-hydrogen) atoms. The summed E-state index contributed by atoms with van der Waals surface area (Å²) in [6.07, 6.45) is 0.366. The quantitative estimate of drug-likeness (QED) is 0.597. The number of hydrogen-bond donors (Lipinski definition) is 1. The van der Waals surface area contributed by atoms with Crippen LogP contribution >= 0.6 is 0 Å². The van der Waals surface area contributed by atoms with Gasteiger partial charge in [0.2, 0.25) is 0 Å². The molecule has 1 heterocycles. The van der Waals surface area contributed by atoms with Gasteiger partial charge >= 0.3 is 5.97 Å². The van der Waals surface area contributed by atoms with Gasteiger partial charge in [-0.15, -0.1) is 0 Å². The van der Waals surface area contributed by atoms with Gasteiger partial charge in [-0.1, -0.05) is 45.0 Å². The summed E-state index contributed by atoms with van der Waals surface area (Å²) in [5.41, 5.74) is 3.15. The van der Waals surface area contributed by atoms with Crippen LogP contribution in [0.25, 0.3) is 0 Å². The minimum Gasteiger partial charge on any atom is -0.457 e. The van der Waals surface area contributed by atoms with Crippen molar-refractivity contribution in [2.45, 2.75) is 52.9 Å². The van der Waals surface area contributed by atoms with E-state index in [9.17, 15) is 14.4 Å². The van der Waals surface area contributed by atoms with Crippen molar-refractivity contribution in [3.8, 4) is 6.07 Å². The van der Waals surface area contributed by atoms with Crippen LogP contribution in [-0.2, 0) is 21.4 Å². The lowest BCUT2D eigenvalue weighted by atomic mass is 9.86. The van der Waals surface area contributed by atoms with E-state index in [1.165, 1.54) is 0 Å². The number of aromatic amines is 1. The average molecular weight is 394 g/mol. The number of Topliss-reactive ketones (excluding diaryl/α,β-unsaturated/α-hetero) is 1. The molecule has 0 radical (unpaired) electrons. The number of aryl methyl sites for hydroxylation is 1. The molecule has 1 aromatic heterocycles. The summed E-state index contributed by atoms with van der Waals surface area (Å²) in [6, 6.07) is 9.18. The SMILES string of the molecule is Cc1[nH]c(=O)c(C#N)c(C)c1CCC(=O)OCC(=O)c1ccc(C(C)(C)C)cc1. The van der Waals surface area contributed by atoms with Crippen LogP contribution < -0.4 is 5.56 Å². The molecule has 152 valence electrons. The number of ketones is 1. The fourth-order valence-electron chi connectivity index (χ4n) is 3.11. The highest BCUT2D eigenvalue weighted by Crippen LogP contribution is 2.22. The zero-order valence-electron chi connectivity index (χ0n) is 17.5. The van der Waals surface area contributed by atoms with E-state index < -0.39 is 11.5 Å². The normalized spacial score (nSPS) is 11.0. The van der Waals surface area contributed by atoms with Crippen molar-refractivity contribution in [1.29, 1.82) is 5.26 Å². The van der Waals surface area contributed by atoms with Crippen molar-refractivity contribution in [3.05, 3.63) is 68.1 Å². The molecule has 6 heteroatoms. The zero-order chi connectivity index (χ0) is 21.8. The third kappa shape index (κ3) is 5.41. The Hall–Kier alpha value is -3.20. The smallest absolute Gasteiger partial charge is 0.306 e. The molecule has 0 saturated heterocycles. The van der Waals surface area contributed by atoms with Crippen LogP contribution in [-0.4, -0.2) is 23.3 Å². The van der Waals surface area contributed by atoms with Crippen molar-refractivity contribution >= 4 is 11.8 Å². The number of H-pyrrole nitrogens is 1. The minimum atomic E-state index is -0.506. The summed E-state index contributed by atoms with van der Waals surface area (Å²) in [4.78, 5) is 38.7. The molecular weight excluding hydrogens is 368 g/mol. The number of nitrogens with zero attached hydrogens (tertiary/aromatic N) is 1. The van der Waals surface area contributed by atoms with Gasteiger partial charge in [0, 0.05) is 17.7 Å². The van der Waals surface area contributed by atoms with Crippen LogP contribution in [0.15, 0.2) is 29.1 Å². The average Bonchev–Trinajstić information content (AvgIpc) is 2.65. The molecule has 0 atom stereocenters. The summed E-state index contributed by atoms with van der Waals surface area (Å²) in [5.74, 6) is -0.768. The van der Waals surface area contributed by atoms with Gasteiger partial charge in [0.15, 0.2) is 12.4 Å². The van der Waals surface area contributed by atoms with E-state index in [1.54, 1.807) is 26.0 Å². The Kier molecular flexibility index (Phi) is 6.76. The van der Waals surface area contributed by atoms with E-state index in [4.69, 9.17) is 10.00 Å². The molecule has 0 aliphatic heterocycles. The van der Waals surface area contributed by atoms with Crippen LogP contribution in [0.3, 0.4) is 0 Å². The van der Waals surface area contributed by atoms with E-state index >= 15 is 0 Å². The number of nitrogens with one attached hydrogen (secondary N) is 1. The maximum absolute atomic E-state index is 12.3. The van der Waals surface area contributed by atoms with Gasteiger partial charge in [0.25, 0.3) is 5.56 Å². The van der Waals surface area contributed by atoms with E-state index in [1.807, 2.05) is 18.2 Å². The van der Waals surface area contributed by atoms with E-state index in [0.717, 1.165) is 11.1 Å². The topological polar surface area (TPSA) is 100 Å². The Bertz CT molecular complexity index is 1020. The van der Waals surface area contributed by atoms with E-state index in [-0.39, 0.29) is 29.8 Å². The highest BCUT2D eigenvalue weighted by Gasteiger charge is 2.16. The van der Waals surface area contributed by atoms with Gasteiger partial charge in [0.1, 0.15) is 11.6 Å². The third-order valence-electron chi connectivity index (χ3n) is 4.94. The summed E-state index contributed by atoms with van der Waals surface area (Å²) in [7, 11) is 0. The molecule has 2 rings (SSSR count). The van der Waals surface area contributed by atoms with Crippen molar-refractivity contribution < 1.29 is 14.3 Å². The van der Waals surface area contributed by atoms with Gasteiger partial charge in [0.05, 0.1) is 0 Å². The number of carbonyl (C=O) groups excluding carboxylic acids is 2. The number of pyridine rings is 1. The number of ether oxygens (including phenoxy) is 1. The Balaban J connectivity index is 1.95. The summed E-state index contributed by atoms with van der Waals surface area (Å²) >= 11 is 0. The van der Waals surface area contributed by atoms with Crippen molar-refractivity contribution in [2.75, 3.05) is 6.61 Å². The monoisotopic (exact) mass is 394 g/mol. The Labute approximate surface area is 170 Å². The number of nitriles is 1. The van der Waals surface area contributed by atoms with Crippen LogP contribution in [0.5, 0.6) is 0 Å². The van der Waals surface area contributed by atoms with Crippen molar-refractivity contribution in [1.82, 2.24) is 4.98 Å². The molecule has 0 saturated carbocycles. The molecular formula is C23H26N2O4. The molecule has 1 aromatic carbocycles. The van der Waals surface area contributed by atoms with Crippen molar-refractivity contribution in [2.24, 2.45) is 0 Å². The molecule has 0 aliphatic carbocycles. The first-order valence-corrected chi connectivity index (χ1v) is 9.46. The largest absolute Gasteiger partial charge is 0.457 e. The van der Waals surface area contributed by atoms with Crippen LogP contribution in [0.4, 0.5) is 0 Å². The fourth-order valence-corrected chi connectivity index (χ4v) is 3.11. The molecule has 0 bridgehead atoms. The number of aromatic nitrogens is 1. The predicted octanol–water partition coefficient (Wildman–Crippen LogP) is 3.52. The van der Waals surface area contributed by atoms with Crippen molar-refractivity contribution in [3.63, 3.8) is 0 Å². The molecule has 2 aromatic rings. The molecule has 0 aliphatic rings. The highest BCUT2D eigenvalue weighted by molar-refractivity contribution is 5.98. The molecule has 0 amide bonds. The first kappa shape index (κ1) is 22.1. The number of hydrogen-bond acceptors (Lipinski definition) is 5. The number of carbonyl (C=O) groups is 2. The maximum atomic E-state index is 12.3. The summed E-state index contributed by atoms with van der Waals surface area (Å²) < 4.78 is 5.11. The van der Waals surface area contributed by atoms with Gasteiger partial charge in [-0.25, -0.2) is 0 Å². The van der Waals surface area contributed by atoms with E-state index in [2.05, 4.69) is 25.8 Å². The second-order valence-electron chi connectivity index (χ2n) is 8.08. The zero-order valence-corrected chi connectivity index (χ0v) is 17.5. The lowest BCUT2D eigenvalue weighted by Gasteiger charge is -2.18. The van der Waals surface area contributed by atoms with Gasteiger partial charge in [-0.3, -0.25) is 14.4 Å². The molecule has 1 N–H and O–H groups in total. The Morgan fingerprint density at radius 2 is 1.76 bits per heavy atom. The fraction of sp³-hybridized carbons (Fsp3) is 0.391.